The lowest BCUT2D eigenvalue weighted by Gasteiger charge is -2.32. The lowest BCUT2D eigenvalue weighted by atomic mass is 9.83. The molecule has 0 saturated heterocycles. The van der Waals surface area contributed by atoms with E-state index in [4.69, 9.17) is 18.6 Å². The van der Waals surface area contributed by atoms with E-state index in [9.17, 15) is 10.1 Å². The molecule has 1 heterocycles. The second-order valence-corrected chi connectivity index (χ2v) is 8.58. The molecule has 31 heavy (non-hydrogen) atoms. The normalized spacial score (nSPS) is 16.1. The maximum absolute atomic E-state index is 12.7. The van der Waals surface area contributed by atoms with Gasteiger partial charge >= 0.3 is 0 Å². The molecule has 1 atom stereocenters. The number of nitriles is 1. The third kappa shape index (κ3) is 5.05. The van der Waals surface area contributed by atoms with Crippen LogP contribution in [0.15, 0.2) is 21.8 Å². The summed E-state index contributed by atoms with van der Waals surface area (Å²) >= 11 is 1.14. The molecule has 1 amide bonds. The molecule has 1 N–H and O–H groups in total. The van der Waals surface area contributed by atoms with Crippen LogP contribution in [0.4, 0.5) is 0 Å². The number of carbonyl (C=O) groups is 1. The number of nitrogens with zero attached hydrogens (tertiary/aromatic N) is 3. The molecular formula is C21H26N4O5S. The summed E-state index contributed by atoms with van der Waals surface area (Å²) in [5.41, 5.74) is -0.183. The largest absolute Gasteiger partial charge is 0.493 e. The minimum absolute atomic E-state index is 0.221. The van der Waals surface area contributed by atoms with Crippen molar-refractivity contribution in [1.29, 1.82) is 5.26 Å². The molecule has 1 aromatic heterocycles. The van der Waals surface area contributed by atoms with Gasteiger partial charge in [0.15, 0.2) is 11.5 Å². The van der Waals surface area contributed by atoms with Crippen molar-refractivity contribution >= 4 is 17.7 Å². The molecule has 1 unspecified atom stereocenters. The van der Waals surface area contributed by atoms with Crippen LogP contribution >= 0.6 is 11.8 Å². The first-order valence-electron chi connectivity index (χ1n) is 9.99. The van der Waals surface area contributed by atoms with Crippen LogP contribution in [-0.2, 0) is 4.79 Å². The summed E-state index contributed by atoms with van der Waals surface area (Å²) in [5.74, 6) is 1.43. The molecule has 3 rings (SSSR count). The lowest BCUT2D eigenvalue weighted by Crippen LogP contribution is -2.50. The Morgan fingerprint density at radius 3 is 2.35 bits per heavy atom. The number of benzene rings is 1. The Morgan fingerprint density at radius 1 is 1.16 bits per heavy atom. The molecule has 1 aliphatic carbocycles. The van der Waals surface area contributed by atoms with Crippen molar-refractivity contribution in [2.24, 2.45) is 0 Å². The average Bonchev–Trinajstić information content (AvgIpc) is 3.26. The molecule has 0 bridgehead atoms. The van der Waals surface area contributed by atoms with Crippen molar-refractivity contribution in [3.63, 3.8) is 0 Å². The van der Waals surface area contributed by atoms with Gasteiger partial charge in [-0.2, -0.15) is 5.26 Å². The first-order valence-corrected chi connectivity index (χ1v) is 10.9. The predicted molar refractivity (Wildman–Crippen MR) is 114 cm³/mol. The fourth-order valence-corrected chi connectivity index (χ4v) is 4.22. The van der Waals surface area contributed by atoms with Crippen LogP contribution in [0.3, 0.4) is 0 Å². The highest BCUT2D eigenvalue weighted by molar-refractivity contribution is 8.00. The van der Waals surface area contributed by atoms with Crippen molar-refractivity contribution in [1.82, 2.24) is 15.5 Å². The number of carbonyl (C=O) groups excluding carboxylic acids is 1. The zero-order chi connectivity index (χ0) is 22.4. The van der Waals surface area contributed by atoms with E-state index in [0.717, 1.165) is 31.0 Å². The Morgan fingerprint density at radius 2 is 1.81 bits per heavy atom. The van der Waals surface area contributed by atoms with Gasteiger partial charge in [0.1, 0.15) is 5.54 Å². The van der Waals surface area contributed by atoms with E-state index < -0.39 is 10.8 Å². The fraction of sp³-hybridized carbons (Fsp3) is 0.524. The van der Waals surface area contributed by atoms with Gasteiger partial charge in [-0.05, 0) is 31.9 Å². The Balaban J connectivity index is 1.72. The third-order valence-electron chi connectivity index (χ3n) is 5.25. The third-order valence-corrected chi connectivity index (χ3v) is 6.18. The number of rotatable bonds is 8. The molecule has 9 nitrogen and oxygen atoms in total. The van der Waals surface area contributed by atoms with Crippen LogP contribution in [0, 0.1) is 11.3 Å². The van der Waals surface area contributed by atoms with Crippen molar-refractivity contribution in [2.75, 3.05) is 21.3 Å². The van der Waals surface area contributed by atoms with Gasteiger partial charge in [-0.25, -0.2) is 0 Å². The number of aromatic nitrogens is 2. The standard InChI is InChI=1S/C21H26N4O5S/c1-13(18(26)23-21(12-22)8-6-5-7-9-21)31-20-25-24-19(30-20)14-10-15(27-2)17(29-4)16(11-14)28-3/h10-11,13H,5-9H2,1-4H3,(H,23,26). The second-order valence-electron chi connectivity index (χ2n) is 7.29. The van der Waals surface area contributed by atoms with Gasteiger partial charge in [0.25, 0.3) is 5.22 Å². The molecule has 0 spiro atoms. The molecule has 1 aliphatic rings. The lowest BCUT2D eigenvalue weighted by molar-refractivity contribution is -0.122. The zero-order valence-electron chi connectivity index (χ0n) is 18.1. The van der Waals surface area contributed by atoms with Crippen molar-refractivity contribution in [3.8, 4) is 34.8 Å². The second kappa shape index (κ2) is 9.92. The van der Waals surface area contributed by atoms with Crippen LogP contribution in [0.1, 0.15) is 39.0 Å². The zero-order valence-corrected chi connectivity index (χ0v) is 18.9. The molecule has 1 fully saturated rings. The maximum Gasteiger partial charge on any atom is 0.277 e. The monoisotopic (exact) mass is 446 g/mol. The average molecular weight is 447 g/mol. The van der Waals surface area contributed by atoms with E-state index in [1.807, 2.05) is 0 Å². The van der Waals surface area contributed by atoms with Crippen LogP contribution in [-0.4, -0.2) is 48.2 Å². The van der Waals surface area contributed by atoms with Gasteiger partial charge in [0.2, 0.25) is 17.5 Å². The van der Waals surface area contributed by atoms with E-state index in [1.165, 1.54) is 21.3 Å². The van der Waals surface area contributed by atoms with Crippen LogP contribution in [0.5, 0.6) is 17.2 Å². The summed E-state index contributed by atoms with van der Waals surface area (Å²) in [6.45, 7) is 1.75. The van der Waals surface area contributed by atoms with Crippen LogP contribution < -0.4 is 19.5 Å². The van der Waals surface area contributed by atoms with E-state index in [2.05, 4.69) is 21.6 Å². The number of methoxy groups -OCH3 is 3. The molecule has 1 saturated carbocycles. The molecule has 10 heteroatoms. The Hall–Kier alpha value is -2.93. The Bertz CT molecular complexity index is 940. The van der Waals surface area contributed by atoms with Gasteiger partial charge in [-0.1, -0.05) is 31.0 Å². The maximum atomic E-state index is 12.7. The smallest absolute Gasteiger partial charge is 0.277 e. The summed E-state index contributed by atoms with van der Waals surface area (Å²) in [5, 5.41) is 20.4. The predicted octanol–water partition coefficient (Wildman–Crippen LogP) is 3.59. The van der Waals surface area contributed by atoms with Gasteiger partial charge in [-0.15, -0.1) is 10.2 Å². The van der Waals surface area contributed by atoms with Gasteiger partial charge in [0, 0.05) is 5.56 Å². The Labute approximate surface area is 185 Å². The molecule has 166 valence electrons. The van der Waals surface area contributed by atoms with Crippen LogP contribution in [0.2, 0.25) is 0 Å². The Kier molecular flexibility index (Phi) is 7.28. The van der Waals surface area contributed by atoms with Crippen molar-refractivity contribution in [3.05, 3.63) is 12.1 Å². The van der Waals surface area contributed by atoms with Gasteiger partial charge in [0.05, 0.1) is 32.6 Å². The topological polar surface area (TPSA) is 120 Å². The number of hydrogen-bond acceptors (Lipinski definition) is 9. The first-order chi connectivity index (χ1) is 14.9. The van der Waals surface area contributed by atoms with Crippen molar-refractivity contribution in [2.45, 2.75) is 55.0 Å². The number of thioether (sulfide) groups is 1. The van der Waals surface area contributed by atoms with Gasteiger partial charge in [-0.3, -0.25) is 4.79 Å². The van der Waals surface area contributed by atoms with Crippen molar-refractivity contribution < 1.29 is 23.4 Å². The number of amides is 1. The minimum Gasteiger partial charge on any atom is -0.493 e. The summed E-state index contributed by atoms with van der Waals surface area (Å²) in [6, 6.07) is 5.71. The highest BCUT2D eigenvalue weighted by Gasteiger charge is 2.35. The fourth-order valence-electron chi connectivity index (χ4n) is 3.54. The summed E-state index contributed by atoms with van der Waals surface area (Å²) in [4.78, 5) is 12.7. The minimum atomic E-state index is -0.777. The molecule has 1 aromatic carbocycles. The quantitative estimate of drug-likeness (QED) is 0.607. The molecular weight excluding hydrogens is 420 g/mol. The number of hydrogen-bond donors (Lipinski definition) is 1. The van der Waals surface area contributed by atoms with E-state index in [0.29, 0.717) is 35.7 Å². The summed E-state index contributed by atoms with van der Waals surface area (Å²) < 4.78 is 21.8. The first kappa shape index (κ1) is 22.7. The summed E-state index contributed by atoms with van der Waals surface area (Å²) in [6.07, 6.45) is 4.33. The van der Waals surface area contributed by atoms with E-state index >= 15 is 0 Å². The highest BCUT2D eigenvalue weighted by Crippen LogP contribution is 2.41. The number of ether oxygens (including phenoxy) is 3. The van der Waals surface area contributed by atoms with E-state index in [1.54, 1.807) is 19.1 Å². The van der Waals surface area contributed by atoms with Gasteiger partial charge < -0.3 is 23.9 Å². The molecule has 0 aliphatic heterocycles. The van der Waals surface area contributed by atoms with E-state index in [-0.39, 0.29) is 17.0 Å². The molecule has 2 aromatic rings. The molecule has 0 radical (unpaired) electrons. The highest BCUT2D eigenvalue weighted by atomic mass is 32.2. The number of nitrogens with one attached hydrogen (secondary N) is 1. The SMILES string of the molecule is COc1cc(-c2nnc(SC(C)C(=O)NC3(C#N)CCCCC3)o2)cc(OC)c1OC. The van der Waals surface area contributed by atoms with Crippen LogP contribution in [0.25, 0.3) is 11.5 Å². The summed E-state index contributed by atoms with van der Waals surface area (Å²) in [7, 11) is 4.57.